The Morgan fingerprint density at radius 1 is 1.42 bits per heavy atom. The maximum atomic E-state index is 5.99. The topological polar surface area (TPSA) is 37.6 Å². The summed E-state index contributed by atoms with van der Waals surface area (Å²) >= 11 is 0. The quantitative estimate of drug-likeness (QED) is 0.883. The molecule has 4 nitrogen and oxygen atoms in total. The van der Waals surface area contributed by atoms with Crippen molar-refractivity contribution in [2.24, 2.45) is 0 Å². The summed E-state index contributed by atoms with van der Waals surface area (Å²) in [5, 5.41) is 3.51. The average Bonchev–Trinajstić information content (AvgIpc) is 3.12. The smallest absolute Gasteiger partial charge is 0.120 e. The van der Waals surface area contributed by atoms with Gasteiger partial charge in [0.25, 0.3) is 0 Å². The minimum Gasteiger partial charge on any atom is -0.463 e. The first-order chi connectivity index (χ1) is 9.20. The summed E-state index contributed by atoms with van der Waals surface area (Å²) in [6, 6.07) is 2.91. The highest BCUT2D eigenvalue weighted by atomic mass is 16.5. The number of hydrogen-bond donors (Lipinski definition) is 1. The van der Waals surface area contributed by atoms with Crippen LogP contribution < -0.4 is 5.32 Å². The number of aryl methyl sites for hydroxylation is 1. The first kappa shape index (κ1) is 13.2. The molecule has 19 heavy (non-hydrogen) atoms. The molecule has 1 saturated carbocycles. The van der Waals surface area contributed by atoms with Gasteiger partial charge in [-0.2, -0.15) is 0 Å². The molecule has 1 aromatic heterocycles. The fourth-order valence-corrected chi connectivity index (χ4v) is 2.62. The molecule has 0 amide bonds. The van der Waals surface area contributed by atoms with Crippen molar-refractivity contribution in [3.05, 3.63) is 23.2 Å². The van der Waals surface area contributed by atoms with E-state index in [0.29, 0.717) is 6.10 Å². The van der Waals surface area contributed by atoms with Gasteiger partial charge in [-0.25, -0.2) is 0 Å². The molecule has 1 aliphatic carbocycles. The van der Waals surface area contributed by atoms with E-state index in [4.69, 9.17) is 9.15 Å². The van der Waals surface area contributed by atoms with Gasteiger partial charge in [0.15, 0.2) is 0 Å². The SMILES string of the molecule is Cc1cc(CN2CCOC(C)C2)oc1CNC1CC1. The van der Waals surface area contributed by atoms with Gasteiger partial charge in [0, 0.05) is 19.1 Å². The number of morpholine rings is 1. The van der Waals surface area contributed by atoms with E-state index in [0.717, 1.165) is 50.3 Å². The van der Waals surface area contributed by atoms with E-state index in [1.807, 2.05) is 0 Å². The van der Waals surface area contributed by atoms with Crippen LogP contribution in [0.15, 0.2) is 10.5 Å². The van der Waals surface area contributed by atoms with E-state index in [1.54, 1.807) is 0 Å². The lowest BCUT2D eigenvalue weighted by Crippen LogP contribution is -2.40. The normalized spacial score (nSPS) is 24.8. The summed E-state index contributed by atoms with van der Waals surface area (Å²) in [4.78, 5) is 2.41. The van der Waals surface area contributed by atoms with Gasteiger partial charge in [0.05, 0.1) is 25.8 Å². The Balaban J connectivity index is 1.56. The van der Waals surface area contributed by atoms with Crippen LogP contribution in [0.2, 0.25) is 0 Å². The molecule has 0 aromatic carbocycles. The van der Waals surface area contributed by atoms with Crippen molar-refractivity contribution in [2.75, 3.05) is 19.7 Å². The second kappa shape index (κ2) is 5.65. The first-order valence-electron chi connectivity index (χ1n) is 7.36. The standard InChI is InChI=1S/C15H24N2O2/c1-11-7-14(10-17-5-6-18-12(2)9-17)19-15(11)8-16-13-3-4-13/h7,12-13,16H,3-6,8-10H2,1-2H3. The summed E-state index contributed by atoms with van der Waals surface area (Å²) in [5.41, 5.74) is 1.27. The van der Waals surface area contributed by atoms with Crippen LogP contribution in [-0.2, 0) is 17.8 Å². The molecule has 0 radical (unpaired) electrons. The molecule has 2 aliphatic rings. The number of rotatable bonds is 5. The van der Waals surface area contributed by atoms with Crippen LogP contribution in [0.3, 0.4) is 0 Å². The summed E-state index contributed by atoms with van der Waals surface area (Å²) in [5.74, 6) is 2.18. The molecule has 1 N–H and O–H groups in total. The lowest BCUT2D eigenvalue weighted by Gasteiger charge is -2.30. The van der Waals surface area contributed by atoms with Gasteiger partial charge in [-0.1, -0.05) is 0 Å². The van der Waals surface area contributed by atoms with Gasteiger partial charge in [0.2, 0.25) is 0 Å². The molecule has 1 unspecified atom stereocenters. The van der Waals surface area contributed by atoms with Crippen molar-refractivity contribution in [1.82, 2.24) is 10.2 Å². The van der Waals surface area contributed by atoms with Crippen LogP contribution in [0.25, 0.3) is 0 Å². The zero-order valence-electron chi connectivity index (χ0n) is 11.9. The van der Waals surface area contributed by atoms with Crippen LogP contribution in [-0.4, -0.2) is 36.7 Å². The third-order valence-electron chi connectivity index (χ3n) is 3.90. The zero-order chi connectivity index (χ0) is 13.2. The number of nitrogens with one attached hydrogen (secondary N) is 1. The van der Waals surface area contributed by atoms with Gasteiger partial charge < -0.3 is 14.5 Å². The van der Waals surface area contributed by atoms with Crippen LogP contribution in [0.4, 0.5) is 0 Å². The van der Waals surface area contributed by atoms with Gasteiger partial charge in [-0.3, -0.25) is 4.90 Å². The molecule has 3 rings (SSSR count). The van der Waals surface area contributed by atoms with Crippen LogP contribution in [0, 0.1) is 6.92 Å². The largest absolute Gasteiger partial charge is 0.463 e. The Morgan fingerprint density at radius 3 is 3.00 bits per heavy atom. The Hall–Kier alpha value is -0.840. The van der Waals surface area contributed by atoms with Gasteiger partial charge in [-0.15, -0.1) is 0 Å². The van der Waals surface area contributed by atoms with E-state index in [9.17, 15) is 0 Å². The fourth-order valence-electron chi connectivity index (χ4n) is 2.62. The minimum atomic E-state index is 0.334. The second-order valence-electron chi connectivity index (χ2n) is 5.89. The van der Waals surface area contributed by atoms with E-state index in [-0.39, 0.29) is 0 Å². The molecule has 2 fully saturated rings. The maximum absolute atomic E-state index is 5.99. The zero-order valence-corrected chi connectivity index (χ0v) is 11.9. The molecule has 1 aromatic rings. The molecule has 4 heteroatoms. The maximum Gasteiger partial charge on any atom is 0.120 e. The van der Waals surface area contributed by atoms with Gasteiger partial charge >= 0.3 is 0 Å². The Kier molecular flexibility index (Phi) is 3.91. The predicted octanol–water partition coefficient (Wildman–Crippen LogP) is 2.06. The van der Waals surface area contributed by atoms with Crippen molar-refractivity contribution in [3.63, 3.8) is 0 Å². The van der Waals surface area contributed by atoms with Gasteiger partial charge in [0.1, 0.15) is 11.5 Å². The van der Waals surface area contributed by atoms with Crippen molar-refractivity contribution >= 4 is 0 Å². The number of hydrogen-bond acceptors (Lipinski definition) is 4. The minimum absolute atomic E-state index is 0.334. The molecule has 2 heterocycles. The molecular weight excluding hydrogens is 240 g/mol. The lowest BCUT2D eigenvalue weighted by atomic mass is 10.2. The molecule has 106 valence electrons. The first-order valence-corrected chi connectivity index (χ1v) is 7.36. The molecule has 0 bridgehead atoms. The Labute approximate surface area is 115 Å². The van der Waals surface area contributed by atoms with Gasteiger partial charge in [-0.05, 0) is 38.3 Å². The van der Waals surface area contributed by atoms with E-state index < -0.39 is 0 Å². The second-order valence-corrected chi connectivity index (χ2v) is 5.89. The van der Waals surface area contributed by atoms with Crippen molar-refractivity contribution in [2.45, 2.75) is 51.9 Å². The highest BCUT2D eigenvalue weighted by Crippen LogP contribution is 2.22. The Morgan fingerprint density at radius 2 is 2.26 bits per heavy atom. The monoisotopic (exact) mass is 264 g/mol. The molecule has 1 atom stereocenters. The van der Waals surface area contributed by atoms with Crippen molar-refractivity contribution < 1.29 is 9.15 Å². The highest BCUT2D eigenvalue weighted by Gasteiger charge is 2.22. The van der Waals surface area contributed by atoms with E-state index in [1.165, 1.54) is 18.4 Å². The van der Waals surface area contributed by atoms with Crippen molar-refractivity contribution in [1.29, 1.82) is 0 Å². The third kappa shape index (κ3) is 3.59. The number of furan rings is 1. The average molecular weight is 264 g/mol. The fraction of sp³-hybridized carbons (Fsp3) is 0.733. The number of ether oxygens (including phenoxy) is 1. The lowest BCUT2D eigenvalue weighted by molar-refractivity contribution is -0.0231. The molecular formula is C15H24N2O2. The van der Waals surface area contributed by atoms with E-state index >= 15 is 0 Å². The summed E-state index contributed by atoms with van der Waals surface area (Å²) in [6.07, 6.45) is 2.97. The van der Waals surface area contributed by atoms with Crippen molar-refractivity contribution in [3.8, 4) is 0 Å². The third-order valence-corrected chi connectivity index (χ3v) is 3.90. The van der Waals surface area contributed by atoms with E-state index in [2.05, 4.69) is 30.1 Å². The van der Waals surface area contributed by atoms with Crippen LogP contribution in [0.5, 0.6) is 0 Å². The predicted molar refractivity (Wildman–Crippen MR) is 74.0 cm³/mol. The van der Waals surface area contributed by atoms with Crippen LogP contribution in [0.1, 0.15) is 36.8 Å². The summed E-state index contributed by atoms with van der Waals surface area (Å²) < 4.78 is 11.5. The number of nitrogens with zero attached hydrogens (tertiary/aromatic N) is 1. The summed E-state index contributed by atoms with van der Waals surface area (Å²) in [6.45, 7) is 8.86. The summed E-state index contributed by atoms with van der Waals surface area (Å²) in [7, 11) is 0. The Bertz CT molecular complexity index is 426. The van der Waals surface area contributed by atoms with Crippen LogP contribution >= 0.6 is 0 Å². The highest BCUT2D eigenvalue weighted by molar-refractivity contribution is 5.20. The molecule has 0 spiro atoms. The molecule has 1 aliphatic heterocycles. The molecule has 1 saturated heterocycles.